The molecule has 4 rings (SSSR count). The van der Waals surface area contributed by atoms with E-state index in [0.717, 1.165) is 43.1 Å². The van der Waals surface area contributed by atoms with Gasteiger partial charge in [-0.3, -0.25) is 9.59 Å². The van der Waals surface area contributed by atoms with E-state index >= 15 is 0 Å². The summed E-state index contributed by atoms with van der Waals surface area (Å²) in [5, 5.41) is 6.94. The van der Waals surface area contributed by atoms with Gasteiger partial charge >= 0.3 is 0 Å². The fourth-order valence-corrected chi connectivity index (χ4v) is 4.68. The maximum atomic E-state index is 13.0. The first-order chi connectivity index (χ1) is 16.1. The largest absolute Gasteiger partial charge is 0.341 e. The number of rotatable bonds is 6. The van der Waals surface area contributed by atoms with Gasteiger partial charge in [0, 0.05) is 36.4 Å². The number of aromatic nitrogens is 1. The molecule has 0 aliphatic carbocycles. The van der Waals surface area contributed by atoms with Gasteiger partial charge in [0.1, 0.15) is 5.03 Å². The van der Waals surface area contributed by atoms with Crippen LogP contribution in [0.5, 0.6) is 0 Å². The number of hydrogen-bond donors (Lipinski definition) is 2. The van der Waals surface area contributed by atoms with E-state index in [1.807, 2.05) is 66.4 Å². The second kappa shape index (κ2) is 11.1. The quantitative estimate of drug-likeness (QED) is 0.570. The first kappa shape index (κ1) is 23.0. The van der Waals surface area contributed by atoms with Crippen LogP contribution in [0.1, 0.15) is 35.2 Å². The summed E-state index contributed by atoms with van der Waals surface area (Å²) in [6, 6.07) is 20.9. The van der Waals surface area contributed by atoms with Gasteiger partial charge in [0.2, 0.25) is 5.91 Å². The molecule has 0 saturated carbocycles. The standard InChI is InChI=1S/C26H28N4O2S/c1-19(26(32)30-17-6-14-27-16-18-30)20-10-12-21(13-11-20)29-24(31)23-9-5-15-28-25(23)33-22-7-3-2-4-8-22/h2-5,7-13,15,19,27H,6,14,16-18H2,1H3,(H,29,31). The lowest BCUT2D eigenvalue weighted by atomic mass is 9.99. The van der Waals surface area contributed by atoms with Crippen molar-refractivity contribution in [3.05, 3.63) is 84.1 Å². The lowest BCUT2D eigenvalue weighted by Gasteiger charge is -2.24. The van der Waals surface area contributed by atoms with Gasteiger partial charge in [-0.2, -0.15) is 0 Å². The SMILES string of the molecule is CC(C(=O)N1CCCNCC1)c1ccc(NC(=O)c2cccnc2Sc2ccccc2)cc1. The number of anilines is 1. The average Bonchev–Trinajstić information content (AvgIpc) is 3.14. The van der Waals surface area contributed by atoms with E-state index in [2.05, 4.69) is 15.6 Å². The number of hydrogen-bond acceptors (Lipinski definition) is 5. The van der Waals surface area contributed by atoms with E-state index in [0.29, 0.717) is 16.3 Å². The molecule has 2 N–H and O–H groups in total. The Hall–Kier alpha value is -3.16. The molecular formula is C26H28N4O2S. The molecule has 6 nitrogen and oxygen atoms in total. The van der Waals surface area contributed by atoms with Crippen LogP contribution in [-0.2, 0) is 4.79 Å². The van der Waals surface area contributed by atoms with Gasteiger partial charge in [0.15, 0.2) is 0 Å². The molecule has 0 spiro atoms. The second-order valence-corrected chi connectivity index (χ2v) is 9.06. The summed E-state index contributed by atoms with van der Waals surface area (Å²) in [6.45, 7) is 5.26. The monoisotopic (exact) mass is 460 g/mol. The van der Waals surface area contributed by atoms with Crippen LogP contribution in [0.3, 0.4) is 0 Å². The van der Waals surface area contributed by atoms with Gasteiger partial charge in [-0.15, -0.1) is 0 Å². The first-order valence-corrected chi connectivity index (χ1v) is 12.0. The highest BCUT2D eigenvalue weighted by Crippen LogP contribution is 2.29. The van der Waals surface area contributed by atoms with Gasteiger partial charge < -0.3 is 15.5 Å². The van der Waals surface area contributed by atoms with E-state index in [4.69, 9.17) is 0 Å². The molecule has 0 bridgehead atoms. The Balaban J connectivity index is 1.42. The van der Waals surface area contributed by atoms with E-state index < -0.39 is 0 Å². The lowest BCUT2D eigenvalue weighted by molar-refractivity contribution is -0.132. The summed E-state index contributed by atoms with van der Waals surface area (Å²) >= 11 is 1.46. The summed E-state index contributed by atoms with van der Waals surface area (Å²) in [6.07, 6.45) is 2.66. The van der Waals surface area contributed by atoms with Crippen LogP contribution < -0.4 is 10.6 Å². The molecule has 0 radical (unpaired) electrons. The fourth-order valence-electron chi connectivity index (χ4n) is 3.78. The highest BCUT2D eigenvalue weighted by Gasteiger charge is 2.22. The molecule has 1 aliphatic rings. The van der Waals surface area contributed by atoms with Crippen molar-refractivity contribution in [1.29, 1.82) is 0 Å². The lowest BCUT2D eigenvalue weighted by Crippen LogP contribution is -2.36. The minimum absolute atomic E-state index is 0.147. The molecule has 1 fully saturated rings. The zero-order valence-electron chi connectivity index (χ0n) is 18.7. The van der Waals surface area contributed by atoms with Gasteiger partial charge in [-0.1, -0.05) is 42.1 Å². The van der Waals surface area contributed by atoms with E-state index in [9.17, 15) is 9.59 Å². The summed E-state index contributed by atoms with van der Waals surface area (Å²) in [4.78, 5) is 33.2. The maximum Gasteiger partial charge on any atom is 0.258 e. The molecule has 2 amide bonds. The molecule has 33 heavy (non-hydrogen) atoms. The zero-order valence-corrected chi connectivity index (χ0v) is 19.5. The molecular weight excluding hydrogens is 432 g/mol. The van der Waals surface area contributed by atoms with E-state index in [-0.39, 0.29) is 17.7 Å². The van der Waals surface area contributed by atoms with Gasteiger partial charge in [0.05, 0.1) is 11.5 Å². The average molecular weight is 461 g/mol. The molecule has 1 unspecified atom stereocenters. The fraction of sp³-hybridized carbons (Fsp3) is 0.269. The molecule has 7 heteroatoms. The molecule has 1 aromatic heterocycles. The highest BCUT2D eigenvalue weighted by molar-refractivity contribution is 7.99. The van der Waals surface area contributed by atoms with E-state index in [1.54, 1.807) is 18.3 Å². The minimum atomic E-state index is -0.222. The van der Waals surface area contributed by atoms with Crippen molar-refractivity contribution in [2.24, 2.45) is 0 Å². The van der Waals surface area contributed by atoms with Gasteiger partial charge in [-0.25, -0.2) is 4.98 Å². The molecule has 1 saturated heterocycles. The predicted octanol–water partition coefficient (Wildman–Crippen LogP) is 4.41. The number of nitrogens with zero attached hydrogens (tertiary/aromatic N) is 2. The molecule has 3 aromatic rings. The van der Waals surface area contributed by atoms with Crippen LogP contribution >= 0.6 is 11.8 Å². The summed E-state index contributed by atoms with van der Waals surface area (Å²) in [5.74, 6) is -0.288. The molecule has 170 valence electrons. The van der Waals surface area contributed by atoms with Crippen LogP contribution in [0.15, 0.2) is 82.8 Å². The Bertz CT molecular complexity index is 1080. The zero-order chi connectivity index (χ0) is 23.0. The van der Waals surface area contributed by atoms with Crippen molar-refractivity contribution >= 4 is 29.3 Å². The number of carbonyl (C=O) groups is 2. The topological polar surface area (TPSA) is 74.3 Å². The van der Waals surface area contributed by atoms with Crippen LogP contribution in [0.25, 0.3) is 0 Å². The predicted molar refractivity (Wildman–Crippen MR) is 132 cm³/mol. The summed E-state index contributed by atoms with van der Waals surface area (Å²) in [5.41, 5.74) is 2.15. The van der Waals surface area contributed by atoms with E-state index in [1.165, 1.54) is 11.8 Å². The Morgan fingerprint density at radius 2 is 1.79 bits per heavy atom. The van der Waals surface area contributed by atoms with Crippen LogP contribution in [-0.4, -0.2) is 47.9 Å². The molecule has 1 aliphatic heterocycles. The maximum absolute atomic E-state index is 13.0. The van der Waals surface area contributed by atoms with Crippen molar-refractivity contribution in [3.8, 4) is 0 Å². The Morgan fingerprint density at radius 3 is 2.58 bits per heavy atom. The molecule has 1 atom stereocenters. The number of pyridine rings is 1. The normalized spacial score (nSPS) is 14.9. The Morgan fingerprint density at radius 1 is 1.00 bits per heavy atom. The van der Waals surface area contributed by atoms with Crippen LogP contribution in [0.2, 0.25) is 0 Å². The van der Waals surface area contributed by atoms with Crippen LogP contribution in [0, 0.1) is 0 Å². The smallest absolute Gasteiger partial charge is 0.258 e. The van der Waals surface area contributed by atoms with Gasteiger partial charge in [-0.05, 0) is 61.9 Å². The minimum Gasteiger partial charge on any atom is -0.341 e. The molecule has 2 aromatic carbocycles. The number of nitrogens with one attached hydrogen (secondary N) is 2. The Labute approximate surface area is 198 Å². The van der Waals surface area contributed by atoms with Crippen molar-refractivity contribution in [2.45, 2.75) is 29.2 Å². The summed E-state index contributed by atoms with van der Waals surface area (Å²) < 4.78 is 0. The van der Waals surface area contributed by atoms with Crippen LogP contribution in [0.4, 0.5) is 5.69 Å². The highest BCUT2D eigenvalue weighted by atomic mass is 32.2. The third-order valence-electron chi connectivity index (χ3n) is 5.66. The van der Waals surface area contributed by atoms with Crippen molar-refractivity contribution in [1.82, 2.24) is 15.2 Å². The third kappa shape index (κ3) is 6.00. The number of benzene rings is 2. The number of carbonyl (C=O) groups excluding carboxylic acids is 2. The Kier molecular flexibility index (Phi) is 7.75. The second-order valence-electron chi connectivity index (χ2n) is 8.00. The van der Waals surface area contributed by atoms with Gasteiger partial charge in [0.25, 0.3) is 5.91 Å². The first-order valence-electron chi connectivity index (χ1n) is 11.2. The molecule has 2 heterocycles. The summed E-state index contributed by atoms with van der Waals surface area (Å²) in [7, 11) is 0. The van der Waals surface area contributed by atoms with Crippen molar-refractivity contribution in [3.63, 3.8) is 0 Å². The third-order valence-corrected chi connectivity index (χ3v) is 6.69. The number of amides is 2. The van der Waals surface area contributed by atoms with Crippen molar-refractivity contribution in [2.75, 3.05) is 31.5 Å². The van der Waals surface area contributed by atoms with Crippen molar-refractivity contribution < 1.29 is 9.59 Å².